The summed E-state index contributed by atoms with van der Waals surface area (Å²) in [6.45, 7) is 0.626. The van der Waals surface area contributed by atoms with Crippen molar-refractivity contribution in [3.63, 3.8) is 0 Å². The molecule has 0 amide bonds. The molecule has 0 unspecified atom stereocenters. The van der Waals surface area contributed by atoms with Crippen LogP contribution in [-0.4, -0.2) is 32.6 Å². The highest BCUT2D eigenvalue weighted by molar-refractivity contribution is 7.98. The van der Waals surface area contributed by atoms with Crippen molar-refractivity contribution in [2.75, 3.05) is 12.0 Å². The number of hydrogen-bond donors (Lipinski definition) is 2. The molecule has 2 rings (SSSR count). The fourth-order valence-electron chi connectivity index (χ4n) is 2.45. The molecule has 1 aromatic carbocycles. The number of benzene rings is 1. The summed E-state index contributed by atoms with van der Waals surface area (Å²) < 4.78 is 1.64. The van der Waals surface area contributed by atoms with Crippen LogP contribution in [-0.2, 0) is 6.54 Å². The van der Waals surface area contributed by atoms with Gasteiger partial charge >= 0.3 is 11.7 Å². The molecule has 1 heterocycles. The van der Waals surface area contributed by atoms with E-state index < -0.39 is 5.97 Å². The largest absolute Gasteiger partial charge is 0.478 e. The number of nitrogens with one attached hydrogen (secondary N) is 1. The number of thioether (sulfide) groups is 1. The van der Waals surface area contributed by atoms with Crippen LogP contribution < -0.4 is 5.69 Å². The number of carboxylic acid groups (broad SMARTS) is 1. The maximum atomic E-state index is 12.0. The summed E-state index contributed by atoms with van der Waals surface area (Å²) in [5, 5.41) is 9.15. The van der Waals surface area contributed by atoms with Crippen LogP contribution in [0.5, 0.6) is 0 Å². The Bertz CT molecular complexity index is 675. The predicted molar refractivity (Wildman–Crippen MR) is 86.4 cm³/mol. The van der Waals surface area contributed by atoms with Gasteiger partial charge in [-0.25, -0.2) is 9.59 Å². The second kappa shape index (κ2) is 7.36. The van der Waals surface area contributed by atoms with Crippen LogP contribution >= 0.6 is 11.8 Å². The number of hydrogen-bond acceptors (Lipinski definition) is 3. The number of aromatic nitrogens is 2. The number of carbonyl (C=O) groups is 1. The van der Waals surface area contributed by atoms with Crippen molar-refractivity contribution in [2.24, 2.45) is 0 Å². The van der Waals surface area contributed by atoms with Crippen LogP contribution in [0.3, 0.4) is 0 Å². The Morgan fingerprint density at radius 1 is 1.29 bits per heavy atom. The Labute approximate surface area is 127 Å². The van der Waals surface area contributed by atoms with Gasteiger partial charge in [-0.15, -0.1) is 0 Å². The average Bonchev–Trinajstić information content (AvgIpc) is 2.78. The van der Waals surface area contributed by atoms with Gasteiger partial charge in [0.25, 0.3) is 0 Å². The van der Waals surface area contributed by atoms with Gasteiger partial charge in [0.1, 0.15) is 0 Å². The summed E-state index contributed by atoms with van der Waals surface area (Å²) in [6, 6.07) is 4.97. The Morgan fingerprint density at radius 2 is 2.05 bits per heavy atom. The number of fused-ring (bicyclic) bond motifs is 1. The molecule has 0 spiro atoms. The van der Waals surface area contributed by atoms with Gasteiger partial charge in [0.2, 0.25) is 0 Å². The van der Waals surface area contributed by atoms with Gasteiger partial charge < -0.3 is 10.1 Å². The molecule has 5 nitrogen and oxygen atoms in total. The van der Waals surface area contributed by atoms with E-state index in [4.69, 9.17) is 5.11 Å². The quantitative estimate of drug-likeness (QED) is 0.735. The Hall–Kier alpha value is -1.69. The van der Waals surface area contributed by atoms with Gasteiger partial charge in [0, 0.05) is 6.54 Å². The van der Waals surface area contributed by atoms with Gasteiger partial charge in [0.05, 0.1) is 16.6 Å². The lowest BCUT2D eigenvalue weighted by molar-refractivity contribution is 0.0699. The fraction of sp³-hybridized carbons (Fsp3) is 0.467. The number of para-hydroxylation sites is 1. The third kappa shape index (κ3) is 3.69. The summed E-state index contributed by atoms with van der Waals surface area (Å²) in [7, 11) is 0. The molecule has 0 aliphatic carbocycles. The molecular formula is C15H20N2O3S. The molecule has 6 heteroatoms. The zero-order chi connectivity index (χ0) is 15.2. The number of aromatic amines is 1. The second-order valence-electron chi connectivity index (χ2n) is 4.99. The van der Waals surface area contributed by atoms with E-state index in [2.05, 4.69) is 11.2 Å². The first-order chi connectivity index (χ1) is 10.1. The minimum atomic E-state index is -1.02. The second-order valence-corrected chi connectivity index (χ2v) is 5.98. The van der Waals surface area contributed by atoms with Crippen LogP contribution in [0.25, 0.3) is 11.0 Å². The number of imidazole rings is 1. The summed E-state index contributed by atoms with van der Waals surface area (Å²) in [5.41, 5.74) is 0.993. The molecule has 2 aromatic rings. The topological polar surface area (TPSA) is 75.1 Å². The molecule has 114 valence electrons. The summed E-state index contributed by atoms with van der Waals surface area (Å²) in [5.74, 6) is 0.153. The minimum absolute atomic E-state index is 0.142. The number of unbranched alkanes of at least 4 members (excludes halogenated alkanes) is 3. The highest BCUT2D eigenvalue weighted by Crippen LogP contribution is 2.16. The summed E-state index contributed by atoms with van der Waals surface area (Å²) in [4.78, 5) is 25.8. The van der Waals surface area contributed by atoms with Crippen molar-refractivity contribution < 1.29 is 9.90 Å². The Balaban J connectivity index is 2.10. The minimum Gasteiger partial charge on any atom is -0.478 e. The number of carboxylic acids is 1. The van der Waals surface area contributed by atoms with E-state index in [-0.39, 0.29) is 11.3 Å². The maximum Gasteiger partial charge on any atom is 0.337 e. The van der Waals surface area contributed by atoms with Crippen molar-refractivity contribution in [1.29, 1.82) is 0 Å². The van der Waals surface area contributed by atoms with E-state index in [0.717, 1.165) is 12.8 Å². The molecule has 0 bridgehead atoms. The monoisotopic (exact) mass is 308 g/mol. The van der Waals surface area contributed by atoms with Crippen molar-refractivity contribution in [3.8, 4) is 0 Å². The highest BCUT2D eigenvalue weighted by atomic mass is 32.2. The Kier molecular flexibility index (Phi) is 5.50. The van der Waals surface area contributed by atoms with Gasteiger partial charge in [-0.3, -0.25) is 4.57 Å². The number of rotatable bonds is 8. The molecule has 1 aromatic heterocycles. The number of nitrogens with zero attached hydrogens (tertiary/aromatic N) is 1. The van der Waals surface area contributed by atoms with Crippen molar-refractivity contribution in [1.82, 2.24) is 9.55 Å². The van der Waals surface area contributed by atoms with E-state index in [1.807, 2.05) is 11.8 Å². The fourth-order valence-corrected chi connectivity index (χ4v) is 2.94. The zero-order valence-corrected chi connectivity index (χ0v) is 12.9. The van der Waals surface area contributed by atoms with Crippen molar-refractivity contribution in [3.05, 3.63) is 34.2 Å². The number of aryl methyl sites for hydroxylation is 1. The molecule has 21 heavy (non-hydrogen) atoms. The number of aromatic carboxylic acids is 1. The smallest absolute Gasteiger partial charge is 0.337 e. The van der Waals surface area contributed by atoms with Crippen LogP contribution in [0.1, 0.15) is 36.0 Å². The maximum absolute atomic E-state index is 12.0. The van der Waals surface area contributed by atoms with Gasteiger partial charge in [0.15, 0.2) is 0 Å². The molecular weight excluding hydrogens is 288 g/mol. The van der Waals surface area contributed by atoms with Gasteiger partial charge in [-0.2, -0.15) is 11.8 Å². The molecule has 0 fully saturated rings. The van der Waals surface area contributed by atoms with Crippen molar-refractivity contribution >= 4 is 28.8 Å². The molecule has 0 aliphatic rings. The first kappa shape index (κ1) is 15.7. The zero-order valence-electron chi connectivity index (χ0n) is 12.1. The molecule has 0 saturated carbocycles. The van der Waals surface area contributed by atoms with Crippen LogP contribution in [0, 0.1) is 0 Å². The predicted octanol–water partition coefficient (Wildman–Crippen LogP) is 2.95. The summed E-state index contributed by atoms with van der Waals surface area (Å²) in [6.07, 6.45) is 6.48. The van der Waals surface area contributed by atoms with Crippen LogP contribution in [0.2, 0.25) is 0 Å². The SMILES string of the molecule is CSCCCCCCn1c(=O)[nH]c2c(C(=O)O)cccc21. The summed E-state index contributed by atoms with van der Waals surface area (Å²) >= 11 is 1.85. The lowest BCUT2D eigenvalue weighted by atomic mass is 10.2. The lowest BCUT2D eigenvalue weighted by Gasteiger charge is -2.04. The molecule has 2 N–H and O–H groups in total. The highest BCUT2D eigenvalue weighted by Gasteiger charge is 2.13. The van der Waals surface area contributed by atoms with E-state index >= 15 is 0 Å². The van der Waals surface area contributed by atoms with E-state index in [1.165, 1.54) is 24.7 Å². The first-order valence-electron chi connectivity index (χ1n) is 7.09. The van der Waals surface area contributed by atoms with E-state index in [9.17, 15) is 9.59 Å². The van der Waals surface area contributed by atoms with Crippen LogP contribution in [0.15, 0.2) is 23.0 Å². The molecule has 0 atom stereocenters. The third-order valence-corrected chi connectivity index (χ3v) is 4.22. The van der Waals surface area contributed by atoms with Crippen LogP contribution in [0.4, 0.5) is 0 Å². The average molecular weight is 308 g/mol. The Morgan fingerprint density at radius 3 is 2.76 bits per heavy atom. The lowest BCUT2D eigenvalue weighted by Crippen LogP contribution is -2.16. The van der Waals surface area contributed by atoms with Gasteiger partial charge in [-0.1, -0.05) is 18.9 Å². The first-order valence-corrected chi connectivity index (χ1v) is 8.48. The molecule has 0 radical (unpaired) electrons. The molecule has 0 aliphatic heterocycles. The third-order valence-electron chi connectivity index (χ3n) is 3.52. The molecule has 0 saturated heterocycles. The standard InChI is InChI=1S/C15H20N2O3S/c1-21-10-5-3-2-4-9-17-12-8-6-7-11(14(18)19)13(12)16-15(17)20/h6-8H,2-5,9-10H2,1H3,(H,16,20)(H,18,19). The van der Waals surface area contributed by atoms with Gasteiger partial charge in [-0.05, 0) is 37.0 Å². The van der Waals surface area contributed by atoms with E-state index in [0.29, 0.717) is 17.6 Å². The van der Waals surface area contributed by atoms with E-state index in [1.54, 1.807) is 16.7 Å². The number of H-pyrrole nitrogens is 1. The van der Waals surface area contributed by atoms with Crippen molar-refractivity contribution in [2.45, 2.75) is 32.2 Å². The normalized spacial score (nSPS) is 11.1.